The molecule has 0 atom stereocenters. The van der Waals surface area contributed by atoms with Gasteiger partial charge < -0.3 is 0 Å². The molecule has 0 aromatic rings. The summed E-state index contributed by atoms with van der Waals surface area (Å²) in [6.07, 6.45) is -2.04. The van der Waals surface area contributed by atoms with Gasteiger partial charge in [-0.05, 0) is 25.7 Å². The third kappa shape index (κ3) is 3.74. The monoisotopic (exact) mass is 179 g/mol. The van der Waals surface area contributed by atoms with E-state index in [1.165, 1.54) is 0 Å². The summed E-state index contributed by atoms with van der Waals surface area (Å²) < 4.78 is 35.1. The lowest BCUT2D eigenvalue weighted by atomic mass is 10.1. The molecule has 0 aromatic carbocycles. The summed E-state index contributed by atoms with van der Waals surface area (Å²) in [5.41, 5.74) is 0.972. The molecule has 1 aliphatic rings. The average Bonchev–Trinajstić information content (AvgIpc) is 2.36. The van der Waals surface area contributed by atoms with Gasteiger partial charge in [-0.25, -0.2) is 0 Å². The number of halogens is 3. The number of rotatable bonds is 3. The minimum absolute atomic E-state index is 0.197. The highest BCUT2D eigenvalue weighted by Crippen LogP contribution is 2.23. The maximum Gasteiger partial charge on any atom is 0.389 e. The molecule has 0 amide bonds. The molecule has 1 rings (SSSR count). The lowest BCUT2D eigenvalue weighted by Crippen LogP contribution is -2.07. The maximum absolute atomic E-state index is 11.7. The van der Waals surface area contributed by atoms with Crippen LogP contribution in [0, 0.1) is 0 Å². The molecule has 0 bridgehead atoms. The predicted octanol–water partition coefficient (Wildman–Crippen LogP) is 2.95. The maximum atomic E-state index is 11.7. The number of nitrogens with zero attached hydrogens (tertiary/aromatic N) is 1. The molecule has 0 saturated carbocycles. The van der Waals surface area contributed by atoms with Crippen LogP contribution >= 0.6 is 0 Å². The molecule has 0 N–H and O–H groups in total. The molecule has 0 spiro atoms. The molecule has 4 heteroatoms. The van der Waals surface area contributed by atoms with E-state index < -0.39 is 12.6 Å². The first-order valence-corrected chi connectivity index (χ1v) is 4.17. The Morgan fingerprint density at radius 1 is 1.33 bits per heavy atom. The Balaban J connectivity index is 2.10. The normalized spacial score (nSPS) is 18.1. The topological polar surface area (TPSA) is 12.4 Å². The standard InChI is InChI=1S/C8H12F3N/c9-8(10,11)5-1-3-7-4-2-6-12-7/h1-6H2. The first-order chi connectivity index (χ1) is 5.58. The summed E-state index contributed by atoms with van der Waals surface area (Å²) in [5, 5.41) is 0. The van der Waals surface area contributed by atoms with Gasteiger partial charge in [0.05, 0.1) is 0 Å². The largest absolute Gasteiger partial charge is 0.389 e. The van der Waals surface area contributed by atoms with Crippen molar-refractivity contribution in [3.63, 3.8) is 0 Å². The van der Waals surface area contributed by atoms with E-state index in [1.807, 2.05) is 0 Å². The minimum Gasteiger partial charge on any atom is -0.294 e. The average molecular weight is 179 g/mol. The first-order valence-electron chi connectivity index (χ1n) is 4.17. The highest BCUT2D eigenvalue weighted by atomic mass is 19.4. The number of hydrogen-bond acceptors (Lipinski definition) is 1. The van der Waals surface area contributed by atoms with Crippen molar-refractivity contribution >= 4 is 5.71 Å². The summed E-state index contributed by atoms with van der Waals surface area (Å²) >= 11 is 0. The fourth-order valence-electron chi connectivity index (χ4n) is 1.30. The zero-order valence-corrected chi connectivity index (χ0v) is 6.82. The van der Waals surface area contributed by atoms with Crippen molar-refractivity contribution in [2.75, 3.05) is 6.54 Å². The molecule has 0 radical (unpaired) electrons. The SMILES string of the molecule is FC(F)(F)CCCC1=NCCC1. The van der Waals surface area contributed by atoms with Crippen LogP contribution in [0.2, 0.25) is 0 Å². The van der Waals surface area contributed by atoms with Gasteiger partial charge in [0, 0.05) is 18.7 Å². The highest BCUT2D eigenvalue weighted by Gasteiger charge is 2.26. The van der Waals surface area contributed by atoms with E-state index >= 15 is 0 Å². The number of hydrogen-bond donors (Lipinski definition) is 0. The van der Waals surface area contributed by atoms with Gasteiger partial charge in [-0.15, -0.1) is 0 Å². The summed E-state index contributed by atoms with van der Waals surface area (Å²) in [7, 11) is 0. The van der Waals surface area contributed by atoms with Gasteiger partial charge in [-0.1, -0.05) is 0 Å². The van der Waals surface area contributed by atoms with E-state index in [4.69, 9.17) is 0 Å². The third-order valence-corrected chi connectivity index (χ3v) is 1.88. The zero-order chi connectivity index (χ0) is 9.03. The molecular weight excluding hydrogens is 167 g/mol. The molecule has 70 valence electrons. The van der Waals surface area contributed by atoms with E-state index in [0.717, 1.165) is 25.1 Å². The van der Waals surface area contributed by atoms with E-state index in [9.17, 15) is 13.2 Å². The van der Waals surface area contributed by atoms with E-state index in [-0.39, 0.29) is 6.42 Å². The quantitative estimate of drug-likeness (QED) is 0.631. The fraction of sp³-hybridized carbons (Fsp3) is 0.875. The molecular formula is C8H12F3N. The smallest absolute Gasteiger partial charge is 0.294 e. The van der Waals surface area contributed by atoms with Crippen LogP contribution < -0.4 is 0 Å². The van der Waals surface area contributed by atoms with Gasteiger partial charge in [0.2, 0.25) is 0 Å². The van der Waals surface area contributed by atoms with Gasteiger partial charge in [0.1, 0.15) is 0 Å². The molecule has 0 fully saturated rings. The van der Waals surface area contributed by atoms with Gasteiger partial charge in [0.15, 0.2) is 0 Å². The Morgan fingerprint density at radius 3 is 2.58 bits per heavy atom. The van der Waals surface area contributed by atoms with Crippen LogP contribution in [0.3, 0.4) is 0 Å². The second kappa shape index (κ2) is 3.92. The molecule has 0 aliphatic carbocycles. The van der Waals surface area contributed by atoms with E-state index in [1.54, 1.807) is 0 Å². The second-order valence-electron chi connectivity index (χ2n) is 3.02. The Kier molecular flexibility index (Phi) is 3.12. The highest BCUT2D eigenvalue weighted by molar-refractivity contribution is 5.85. The molecule has 0 saturated heterocycles. The predicted molar refractivity (Wildman–Crippen MR) is 41.4 cm³/mol. The van der Waals surface area contributed by atoms with Crippen LogP contribution in [0.15, 0.2) is 4.99 Å². The Bertz CT molecular complexity index is 172. The molecule has 0 unspecified atom stereocenters. The summed E-state index contributed by atoms with van der Waals surface area (Å²) in [5.74, 6) is 0. The molecule has 1 heterocycles. The van der Waals surface area contributed by atoms with Crippen molar-refractivity contribution in [2.45, 2.75) is 38.3 Å². The van der Waals surface area contributed by atoms with Gasteiger partial charge >= 0.3 is 6.18 Å². The van der Waals surface area contributed by atoms with Crippen LogP contribution in [-0.2, 0) is 0 Å². The third-order valence-electron chi connectivity index (χ3n) is 1.88. The van der Waals surface area contributed by atoms with Crippen molar-refractivity contribution in [3.8, 4) is 0 Å². The van der Waals surface area contributed by atoms with E-state index in [0.29, 0.717) is 6.42 Å². The second-order valence-corrected chi connectivity index (χ2v) is 3.02. The van der Waals surface area contributed by atoms with E-state index in [2.05, 4.69) is 4.99 Å². The van der Waals surface area contributed by atoms with Gasteiger partial charge in [-0.3, -0.25) is 4.99 Å². The Hall–Kier alpha value is -0.540. The zero-order valence-electron chi connectivity index (χ0n) is 6.82. The van der Waals surface area contributed by atoms with Gasteiger partial charge in [0.25, 0.3) is 0 Å². The van der Waals surface area contributed by atoms with Crippen molar-refractivity contribution < 1.29 is 13.2 Å². The number of aliphatic imine (C=N–C) groups is 1. The molecule has 1 nitrogen and oxygen atoms in total. The van der Waals surface area contributed by atoms with Crippen molar-refractivity contribution in [2.24, 2.45) is 4.99 Å². The van der Waals surface area contributed by atoms with Crippen LogP contribution in [0.25, 0.3) is 0 Å². The molecule has 0 aromatic heterocycles. The Labute approximate surface area is 69.7 Å². The molecule has 12 heavy (non-hydrogen) atoms. The summed E-state index contributed by atoms with van der Waals surface area (Å²) in [4.78, 5) is 4.10. The van der Waals surface area contributed by atoms with Crippen LogP contribution in [0.1, 0.15) is 32.1 Å². The first kappa shape index (κ1) is 9.55. The van der Waals surface area contributed by atoms with Crippen LogP contribution in [0.4, 0.5) is 13.2 Å². The Morgan fingerprint density at radius 2 is 2.08 bits per heavy atom. The lowest BCUT2D eigenvalue weighted by Gasteiger charge is -2.04. The van der Waals surface area contributed by atoms with Crippen molar-refractivity contribution in [1.82, 2.24) is 0 Å². The van der Waals surface area contributed by atoms with Crippen molar-refractivity contribution in [1.29, 1.82) is 0 Å². The van der Waals surface area contributed by atoms with Crippen LogP contribution in [0.5, 0.6) is 0 Å². The minimum atomic E-state index is -4.00. The fourth-order valence-corrected chi connectivity index (χ4v) is 1.30. The van der Waals surface area contributed by atoms with Gasteiger partial charge in [-0.2, -0.15) is 13.2 Å². The lowest BCUT2D eigenvalue weighted by molar-refractivity contribution is -0.135. The molecule has 1 aliphatic heterocycles. The summed E-state index contributed by atoms with van der Waals surface area (Å²) in [6, 6.07) is 0. The van der Waals surface area contributed by atoms with Crippen LogP contribution in [-0.4, -0.2) is 18.4 Å². The summed E-state index contributed by atoms with van der Waals surface area (Å²) in [6.45, 7) is 0.807. The van der Waals surface area contributed by atoms with Crippen molar-refractivity contribution in [3.05, 3.63) is 0 Å². The number of alkyl halides is 3.